The van der Waals surface area contributed by atoms with Crippen LogP contribution in [0.2, 0.25) is 0 Å². The first kappa shape index (κ1) is 12.9. The number of anilines is 1. The van der Waals surface area contributed by atoms with Crippen LogP contribution in [0.4, 0.5) is 5.95 Å². The highest BCUT2D eigenvalue weighted by atomic mass is 16.4. The van der Waals surface area contributed by atoms with Gasteiger partial charge in [-0.15, -0.1) is 0 Å². The second-order valence-electron chi connectivity index (χ2n) is 3.92. The SMILES string of the molecule is CCn1c(NCC(=O)O)nc2c1c(=O)[nH]c(=O)n2C. The average molecular weight is 267 g/mol. The molecule has 0 saturated heterocycles. The second kappa shape index (κ2) is 4.59. The van der Waals surface area contributed by atoms with Crippen LogP contribution in [0.3, 0.4) is 0 Å². The van der Waals surface area contributed by atoms with E-state index in [4.69, 9.17) is 5.11 Å². The molecule has 0 saturated carbocycles. The number of nitrogens with one attached hydrogen (secondary N) is 2. The molecule has 9 nitrogen and oxygen atoms in total. The lowest BCUT2D eigenvalue weighted by atomic mass is 10.5. The molecule has 2 rings (SSSR count). The molecule has 19 heavy (non-hydrogen) atoms. The first-order valence-corrected chi connectivity index (χ1v) is 5.61. The van der Waals surface area contributed by atoms with Gasteiger partial charge in [-0.05, 0) is 6.92 Å². The predicted molar refractivity (Wildman–Crippen MR) is 67.4 cm³/mol. The number of nitrogens with zero attached hydrogens (tertiary/aromatic N) is 3. The number of imidazole rings is 1. The van der Waals surface area contributed by atoms with Crippen LogP contribution >= 0.6 is 0 Å². The predicted octanol–water partition coefficient (Wildman–Crippen LogP) is -1.06. The van der Waals surface area contributed by atoms with Crippen LogP contribution in [-0.2, 0) is 18.4 Å². The van der Waals surface area contributed by atoms with Gasteiger partial charge in [-0.2, -0.15) is 4.98 Å². The Morgan fingerprint density at radius 2 is 2.16 bits per heavy atom. The van der Waals surface area contributed by atoms with Gasteiger partial charge in [0.05, 0.1) is 0 Å². The minimum Gasteiger partial charge on any atom is -0.480 e. The number of aromatic nitrogens is 4. The molecule has 3 N–H and O–H groups in total. The van der Waals surface area contributed by atoms with E-state index >= 15 is 0 Å². The maximum absolute atomic E-state index is 11.8. The number of carboxylic acids is 1. The van der Waals surface area contributed by atoms with Crippen molar-refractivity contribution < 1.29 is 9.90 Å². The Hall–Kier alpha value is -2.58. The van der Waals surface area contributed by atoms with E-state index in [0.29, 0.717) is 6.54 Å². The van der Waals surface area contributed by atoms with Gasteiger partial charge >= 0.3 is 11.7 Å². The lowest BCUT2D eigenvalue weighted by Gasteiger charge is -2.05. The molecule has 0 radical (unpaired) electrons. The minimum absolute atomic E-state index is 0.212. The Morgan fingerprint density at radius 1 is 1.47 bits per heavy atom. The number of hydrogen-bond acceptors (Lipinski definition) is 5. The summed E-state index contributed by atoms with van der Waals surface area (Å²) in [5.41, 5.74) is -0.667. The van der Waals surface area contributed by atoms with Gasteiger partial charge in [-0.3, -0.25) is 19.1 Å². The molecule has 0 aliphatic heterocycles. The molecule has 0 aliphatic carbocycles. The fourth-order valence-corrected chi connectivity index (χ4v) is 1.83. The topological polar surface area (TPSA) is 122 Å². The van der Waals surface area contributed by atoms with Crippen LogP contribution in [0.1, 0.15) is 6.92 Å². The zero-order chi connectivity index (χ0) is 14.2. The zero-order valence-electron chi connectivity index (χ0n) is 10.4. The van der Waals surface area contributed by atoms with E-state index in [2.05, 4.69) is 15.3 Å². The van der Waals surface area contributed by atoms with Crippen LogP contribution < -0.4 is 16.6 Å². The standard InChI is InChI=1S/C10H13N5O4/c1-3-15-6-7(12-9(15)11-4-5(16)17)14(2)10(19)13-8(6)18/h3-4H2,1-2H3,(H,11,12)(H,16,17)(H,13,18,19). The van der Waals surface area contributed by atoms with Crippen molar-refractivity contribution in [1.29, 1.82) is 0 Å². The fraction of sp³-hybridized carbons (Fsp3) is 0.400. The monoisotopic (exact) mass is 267 g/mol. The molecule has 0 fully saturated rings. The molecule has 2 aromatic rings. The van der Waals surface area contributed by atoms with Gasteiger partial charge in [0.2, 0.25) is 5.95 Å². The molecule has 9 heteroatoms. The van der Waals surface area contributed by atoms with Crippen LogP contribution in [0, 0.1) is 0 Å². The van der Waals surface area contributed by atoms with Gasteiger partial charge in [0, 0.05) is 13.6 Å². The summed E-state index contributed by atoms with van der Waals surface area (Å²) < 4.78 is 2.73. The quantitative estimate of drug-likeness (QED) is 0.649. The third-order valence-electron chi connectivity index (χ3n) is 2.72. The molecule has 0 spiro atoms. The third-order valence-corrected chi connectivity index (χ3v) is 2.72. The normalized spacial score (nSPS) is 10.8. The molecule has 0 amide bonds. The molecule has 0 atom stereocenters. The van der Waals surface area contributed by atoms with E-state index in [1.54, 1.807) is 6.92 Å². The summed E-state index contributed by atoms with van der Waals surface area (Å²) in [6.45, 7) is 1.88. The van der Waals surface area contributed by atoms with Crippen LogP contribution in [0.25, 0.3) is 11.2 Å². The Morgan fingerprint density at radius 3 is 2.74 bits per heavy atom. The fourth-order valence-electron chi connectivity index (χ4n) is 1.83. The van der Waals surface area contributed by atoms with Crippen molar-refractivity contribution in [3.05, 3.63) is 20.8 Å². The number of H-pyrrole nitrogens is 1. The van der Waals surface area contributed by atoms with E-state index in [9.17, 15) is 14.4 Å². The Kier molecular flexibility index (Phi) is 3.11. The van der Waals surface area contributed by atoms with Crippen LogP contribution in [-0.4, -0.2) is 36.7 Å². The van der Waals surface area contributed by atoms with Crippen LogP contribution in [0.15, 0.2) is 9.59 Å². The number of aliphatic carboxylic acids is 1. The van der Waals surface area contributed by atoms with Gasteiger partial charge in [0.1, 0.15) is 6.54 Å². The lowest BCUT2D eigenvalue weighted by molar-refractivity contribution is -0.134. The Bertz CT molecular complexity index is 754. The first-order valence-electron chi connectivity index (χ1n) is 5.61. The van der Waals surface area contributed by atoms with E-state index in [1.807, 2.05) is 0 Å². The van der Waals surface area contributed by atoms with Gasteiger partial charge in [-0.25, -0.2) is 4.79 Å². The van der Waals surface area contributed by atoms with Crippen molar-refractivity contribution in [2.24, 2.45) is 7.05 Å². The summed E-state index contributed by atoms with van der Waals surface area (Å²) in [5.74, 6) is -0.802. The van der Waals surface area contributed by atoms with Crippen molar-refractivity contribution in [2.75, 3.05) is 11.9 Å². The van der Waals surface area contributed by atoms with Crippen LogP contribution in [0.5, 0.6) is 0 Å². The molecule has 2 heterocycles. The summed E-state index contributed by atoms with van der Waals surface area (Å²) in [6, 6.07) is 0. The maximum atomic E-state index is 11.8. The highest BCUT2D eigenvalue weighted by molar-refractivity contribution is 5.76. The average Bonchev–Trinajstić information content (AvgIpc) is 2.72. The lowest BCUT2D eigenvalue weighted by Crippen LogP contribution is -2.29. The van der Waals surface area contributed by atoms with Crippen molar-refractivity contribution in [3.63, 3.8) is 0 Å². The Labute approximate surface area is 106 Å². The summed E-state index contributed by atoms with van der Waals surface area (Å²) in [5, 5.41) is 11.3. The summed E-state index contributed by atoms with van der Waals surface area (Å²) in [6.07, 6.45) is 0. The van der Waals surface area contributed by atoms with E-state index in [-0.39, 0.29) is 23.7 Å². The van der Waals surface area contributed by atoms with E-state index in [0.717, 1.165) is 0 Å². The van der Waals surface area contributed by atoms with Crippen molar-refractivity contribution >= 4 is 23.1 Å². The largest absolute Gasteiger partial charge is 0.480 e. The minimum atomic E-state index is -1.04. The molecular weight excluding hydrogens is 254 g/mol. The molecule has 0 unspecified atom stereocenters. The van der Waals surface area contributed by atoms with Gasteiger partial charge in [0.15, 0.2) is 11.2 Å². The number of rotatable bonds is 4. The second-order valence-corrected chi connectivity index (χ2v) is 3.92. The van der Waals surface area contributed by atoms with E-state index < -0.39 is 17.2 Å². The summed E-state index contributed by atoms with van der Waals surface area (Å²) in [7, 11) is 1.48. The number of aryl methyl sites for hydroxylation is 2. The van der Waals surface area contributed by atoms with E-state index in [1.165, 1.54) is 16.2 Å². The van der Waals surface area contributed by atoms with Crippen molar-refractivity contribution in [3.8, 4) is 0 Å². The smallest absolute Gasteiger partial charge is 0.329 e. The first-order chi connectivity index (χ1) is 8.95. The molecule has 0 bridgehead atoms. The molecule has 0 aromatic carbocycles. The summed E-state index contributed by atoms with van der Waals surface area (Å²) >= 11 is 0. The molecule has 102 valence electrons. The highest BCUT2D eigenvalue weighted by Gasteiger charge is 2.16. The zero-order valence-corrected chi connectivity index (χ0v) is 10.4. The maximum Gasteiger partial charge on any atom is 0.329 e. The van der Waals surface area contributed by atoms with Gasteiger partial charge in [0.25, 0.3) is 5.56 Å². The Balaban J connectivity index is 2.70. The van der Waals surface area contributed by atoms with Crippen molar-refractivity contribution in [1.82, 2.24) is 19.1 Å². The molecular formula is C10H13N5O4. The number of hydrogen-bond donors (Lipinski definition) is 3. The molecule has 0 aliphatic rings. The van der Waals surface area contributed by atoms with Gasteiger partial charge in [-0.1, -0.05) is 0 Å². The number of carbonyl (C=O) groups is 1. The number of aromatic amines is 1. The van der Waals surface area contributed by atoms with Gasteiger partial charge < -0.3 is 15.0 Å². The summed E-state index contributed by atoms with van der Waals surface area (Å²) in [4.78, 5) is 40.1. The number of carboxylic acid groups (broad SMARTS) is 1. The highest BCUT2D eigenvalue weighted by Crippen LogP contribution is 2.14. The van der Waals surface area contributed by atoms with Crippen molar-refractivity contribution in [2.45, 2.75) is 13.5 Å². The number of fused-ring (bicyclic) bond motifs is 1. The third kappa shape index (κ3) is 2.09. The molecule has 2 aromatic heterocycles.